The molecule has 3 N–H and O–H groups in total. The number of benzene rings is 1. The topological polar surface area (TPSA) is 84.7 Å². The maximum atomic E-state index is 11.8. The predicted molar refractivity (Wildman–Crippen MR) is 72.0 cm³/mol. The molecule has 1 aliphatic heterocycles. The van der Waals surface area contributed by atoms with Crippen molar-refractivity contribution in [2.45, 2.75) is 19.4 Å². The quantitative estimate of drug-likeness (QED) is 0.613. The Balaban J connectivity index is 2.42. The number of carbonyl (C=O) groups is 2. The first-order valence-electron chi connectivity index (χ1n) is 6.10. The smallest absolute Gasteiger partial charge is 0.249 e. The number of nitrogen functional groups attached to an aromatic ring is 1. The van der Waals surface area contributed by atoms with Gasteiger partial charge in [-0.2, -0.15) is 0 Å². The SMILES string of the molecule is CCC1C(=O)NC(=O)CN1c1cc(OC)ccc1N. The monoisotopic (exact) mass is 263 g/mol. The third kappa shape index (κ3) is 2.47. The Kier molecular flexibility index (Phi) is 3.59. The fourth-order valence-corrected chi connectivity index (χ4v) is 2.22. The Morgan fingerprint density at radius 1 is 1.47 bits per heavy atom. The summed E-state index contributed by atoms with van der Waals surface area (Å²) >= 11 is 0. The summed E-state index contributed by atoms with van der Waals surface area (Å²) in [7, 11) is 1.56. The largest absolute Gasteiger partial charge is 0.497 e. The summed E-state index contributed by atoms with van der Waals surface area (Å²) in [6.45, 7) is 2.00. The first-order valence-corrected chi connectivity index (χ1v) is 6.10. The van der Waals surface area contributed by atoms with Gasteiger partial charge in [-0.1, -0.05) is 6.92 Å². The molecule has 1 atom stereocenters. The van der Waals surface area contributed by atoms with Crippen molar-refractivity contribution < 1.29 is 14.3 Å². The van der Waals surface area contributed by atoms with E-state index in [1.165, 1.54) is 0 Å². The maximum Gasteiger partial charge on any atom is 0.249 e. The minimum Gasteiger partial charge on any atom is -0.497 e. The molecular weight excluding hydrogens is 246 g/mol. The van der Waals surface area contributed by atoms with E-state index < -0.39 is 6.04 Å². The number of methoxy groups -OCH3 is 1. The third-order valence-corrected chi connectivity index (χ3v) is 3.19. The van der Waals surface area contributed by atoms with Crippen molar-refractivity contribution >= 4 is 23.2 Å². The number of anilines is 2. The van der Waals surface area contributed by atoms with Crippen molar-refractivity contribution in [2.24, 2.45) is 0 Å². The predicted octanol–water partition coefficient (Wildman–Crippen LogP) is 0.519. The fraction of sp³-hybridized carbons (Fsp3) is 0.385. The van der Waals surface area contributed by atoms with Crippen molar-refractivity contribution in [3.05, 3.63) is 18.2 Å². The molecule has 1 heterocycles. The summed E-state index contributed by atoms with van der Waals surface area (Å²) < 4.78 is 5.16. The summed E-state index contributed by atoms with van der Waals surface area (Å²) in [5.74, 6) is 0.0235. The van der Waals surface area contributed by atoms with E-state index in [9.17, 15) is 9.59 Å². The number of imide groups is 1. The summed E-state index contributed by atoms with van der Waals surface area (Å²) in [4.78, 5) is 25.1. The molecule has 19 heavy (non-hydrogen) atoms. The number of nitrogens with two attached hydrogens (primary N) is 1. The van der Waals surface area contributed by atoms with Gasteiger partial charge < -0.3 is 15.4 Å². The molecule has 102 valence electrons. The average Bonchev–Trinajstić information content (AvgIpc) is 2.38. The van der Waals surface area contributed by atoms with Crippen LogP contribution in [0.15, 0.2) is 18.2 Å². The van der Waals surface area contributed by atoms with Crippen LogP contribution in [0.5, 0.6) is 5.75 Å². The number of nitrogens with one attached hydrogen (secondary N) is 1. The van der Waals surface area contributed by atoms with Crippen molar-refractivity contribution in [3.63, 3.8) is 0 Å². The summed E-state index contributed by atoms with van der Waals surface area (Å²) in [5.41, 5.74) is 7.11. The second kappa shape index (κ2) is 5.17. The molecule has 0 bridgehead atoms. The molecule has 6 nitrogen and oxygen atoms in total. The molecule has 0 saturated carbocycles. The highest BCUT2D eigenvalue weighted by Gasteiger charge is 2.33. The Hall–Kier alpha value is -2.24. The van der Waals surface area contributed by atoms with E-state index in [-0.39, 0.29) is 18.4 Å². The zero-order valence-corrected chi connectivity index (χ0v) is 11.0. The van der Waals surface area contributed by atoms with Crippen LogP contribution in [-0.4, -0.2) is 31.5 Å². The van der Waals surface area contributed by atoms with E-state index >= 15 is 0 Å². The van der Waals surface area contributed by atoms with Gasteiger partial charge in [0.15, 0.2) is 0 Å². The summed E-state index contributed by atoms with van der Waals surface area (Å²) in [6, 6.07) is 4.79. The normalized spacial score (nSPS) is 19.3. The highest BCUT2D eigenvalue weighted by Crippen LogP contribution is 2.31. The molecule has 6 heteroatoms. The minimum atomic E-state index is -0.396. The second-order valence-electron chi connectivity index (χ2n) is 4.39. The summed E-state index contributed by atoms with van der Waals surface area (Å²) in [6.07, 6.45) is 0.593. The molecule has 0 aliphatic carbocycles. The molecule has 1 saturated heterocycles. The lowest BCUT2D eigenvalue weighted by molar-refractivity contribution is -0.132. The van der Waals surface area contributed by atoms with E-state index in [4.69, 9.17) is 10.5 Å². The number of rotatable bonds is 3. The van der Waals surface area contributed by atoms with Gasteiger partial charge in [-0.05, 0) is 18.6 Å². The number of piperazine rings is 1. The van der Waals surface area contributed by atoms with Gasteiger partial charge in [0, 0.05) is 6.07 Å². The average molecular weight is 263 g/mol. The van der Waals surface area contributed by atoms with Gasteiger partial charge in [0.1, 0.15) is 11.8 Å². The second-order valence-corrected chi connectivity index (χ2v) is 4.39. The maximum absolute atomic E-state index is 11.8. The third-order valence-electron chi connectivity index (χ3n) is 3.19. The van der Waals surface area contributed by atoms with Gasteiger partial charge in [-0.15, -0.1) is 0 Å². The van der Waals surface area contributed by atoms with E-state index in [1.807, 2.05) is 6.92 Å². The van der Waals surface area contributed by atoms with Crippen LogP contribution in [0.2, 0.25) is 0 Å². The van der Waals surface area contributed by atoms with Crippen LogP contribution >= 0.6 is 0 Å². The van der Waals surface area contributed by atoms with E-state index in [0.29, 0.717) is 23.5 Å². The Bertz CT molecular complexity index is 516. The van der Waals surface area contributed by atoms with Crippen molar-refractivity contribution in [2.75, 3.05) is 24.3 Å². The molecule has 1 aromatic rings. The first kappa shape index (κ1) is 13.2. The van der Waals surface area contributed by atoms with E-state index in [1.54, 1.807) is 30.2 Å². The Morgan fingerprint density at radius 3 is 2.84 bits per heavy atom. The molecule has 1 fully saturated rings. The van der Waals surface area contributed by atoms with Crippen LogP contribution in [0.4, 0.5) is 11.4 Å². The summed E-state index contributed by atoms with van der Waals surface area (Å²) in [5, 5.41) is 2.34. The molecule has 2 rings (SSSR count). The van der Waals surface area contributed by atoms with Crippen molar-refractivity contribution in [3.8, 4) is 5.75 Å². The number of carbonyl (C=O) groups excluding carboxylic acids is 2. The zero-order valence-electron chi connectivity index (χ0n) is 11.0. The van der Waals surface area contributed by atoms with Gasteiger partial charge >= 0.3 is 0 Å². The van der Waals surface area contributed by atoms with Crippen LogP contribution in [0.25, 0.3) is 0 Å². The van der Waals surface area contributed by atoms with Gasteiger partial charge in [0.05, 0.1) is 25.0 Å². The van der Waals surface area contributed by atoms with Gasteiger partial charge in [-0.3, -0.25) is 14.9 Å². The lowest BCUT2D eigenvalue weighted by atomic mass is 10.1. The van der Waals surface area contributed by atoms with E-state index in [0.717, 1.165) is 0 Å². The van der Waals surface area contributed by atoms with Crippen LogP contribution in [0, 0.1) is 0 Å². The number of hydrogen-bond donors (Lipinski definition) is 2. The number of hydrogen-bond acceptors (Lipinski definition) is 5. The molecule has 0 aromatic heterocycles. The highest BCUT2D eigenvalue weighted by atomic mass is 16.5. The van der Waals surface area contributed by atoms with Crippen LogP contribution in [-0.2, 0) is 9.59 Å². The molecular formula is C13H17N3O3. The number of nitrogens with zero attached hydrogens (tertiary/aromatic N) is 1. The Morgan fingerprint density at radius 2 is 2.21 bits per heavy atom. The fourth-order valence-electron chi connectivity index (χ4n) is 2.22. The van der Waals surface area contributed by atoms with Gasteiger partial charge in [0.25, 0.3) is 0 Å². The highest BCUT2D eigenvalue weighted by molar-refractivity contribution is 6.05. The number of amides is 2. The van der Waals surface area contributed by atoms with Crippen LogP contribution in [0.1, 0.15) is 13.3 Å². The minimum absolute atomic E-state index is 0.113. The lowest BCUT2D eigenvalue weighted by Gasteiger charge is -2.35. The molecule has 1 aromatic carbocycles. The van der Waals surface area contributed by atoms with Crippen molar-refractivity contribution in [1.82, 2.24) is 5.32 Å². The van der Waals surface area contributed by atoms with Crippen molar-refractivity contribution in [1.29, 1.82) is 0 Å². The molecule has 1 aliphatic rings. The van der Waals surface area contributed by atoms with Crippen LogP contribution < -0.4 is 20.7 Å². The number of ether oxygens (including phenoxy) is 1. The standard InChI is InChI=1S/C13H17N3O3/c1-3-10-13(18)15-12(17)7-16(10)11-6-8(19-2)4-5-9(11)14/h4-6,10H,3,7,14H2,1-2H3,(H,15,17,18). The molecule has 0 spiro atoms. The zero-order chi connectivity index (χ0) is 14.0. The molecule has 1 unspecified atom stereocenters. The van der Waals surface area contributed by atoms with E-state index in [2.05, 4.69) is 5.32 Å². The van der Waals surface area contributed by atoms with Gasteiger partial charge in [0.2, 0.25) is 11.8 Å². The Labute approximate surface area is 111 Å². The van der Waals surface area contributed by atoms with Crippen LogP contribution in [0.3, 0.4) is 0 Å². The lowest BCUT2D eigenvalue weighted by Crippen LogP contribution is -2.58. The molecule has 2 amide bonds. The molecule has 0 radical (unpaired) electrons. The first-order chi connectivity index (χ1) is 9.06. The van der Waals surface area contributed by atoms with Gasteiger partial charge in [-0.25, -0.2) is 0 Å².